The molecule has 20 heavy (non-hydrogen) atoms. The van der Waals surface area contributed by atoms with E-state index in [-0.39, 0.29) is 6.42 Å². The van der Waals surface area contributed by atoms with Gasteiger partial charge in [-0.25, -0.2) is 4.98 Å². The first-order chi connectivity index (χ1) is 9.74. The number of rotatable bonds is 4. The number of aromatic nitrogens is 4. The Morgan fingerprint density at radius 3 is 3.25 bits per heavy atom. The highest BCUT2D eigenvalue weighted by Gasteiger charge is 2.23. The number of carboxylic acid groups (broad SMARTS) is 1. The second-order valence-corrected chi connectivity index (χ2v) is 5.20. The molecule has 1 unspecified atom stereocenters. The van der Waals surface area contributed by atoms with E-state index < -0.39 is 5.97 Å². The molecule has 0 radical (unpaired) electrons. The molecule has 0 bridgehead atoms. The Balaban J connectivity index is 1.76. The van der Waals surface area contributed by atoms with Gasteiger partial charge in [-0.05, 0) is 25.2 Å². The Hall–Kier alpha value is -2.18. The number of carbonyl (C=O) groups is 1. The molecular formula is C13H17N5O2. The third-order valence-corrected chi connectivity index (χ3v) is 3.78. The topological polar surface area (TPSA) is 83.6 Å². The largest absolute Gasteiger partial charge is 0.481 e. The van der Waals surface area contributed by atoms with Crippen LogP contribution in [0.5, 0.6) is 0 Å². The summed E-state index contributed by atoms with van der Waals surface area (Å²) in [5.74, 6) is 0.523. The normalized spacial score (nSPS) is 19.4. The van der Waals surface area contributed by atoms with Crippen LogP contribution in [0.15, 0.2) is 18.7 Å². The number of aliphatic carboxylic acids is 1. The quantitative estimate of drug-likeness (QED) is 0.902. The molecule has 1 saturated heterocycles. The zero-order valence-electron chi connectivity index (χ0n) is 11.1. The molecule has 0 saturated carbocycles. The first-order valence-corrected chi connectivity index (χ1v) is 6.85. The smallest absolute Gasteiger partial charge is 0.303 e. The van der Waals surface area contributed by atoms with Gasteiger partial charge in [-0.1, -0.05) is 0 Å². The van der Waals surface area contributed by atoms with Crippen molar-refractivity contribution in [1.29, 1.82) is 0 Å². The lowest BCUT2D eigenvalue weighted by molar-refractivity contribution is -0.137. The second-order valence-electron chi connectivity index (χ2n) is 5.20. The van der Waals surface area contributed by atoms with Crippen molar-refractivity contribution in [3.63, 3.8) is 0 Å². The van der Waals surface area contributed by atoms with Crippen LogP contribution in [-0.4, -0.2) is 43.7 Å². The number of anilines is 1. The Kier molecular flexibility index (Phi) is 3.49. The lowest BCUT2D eigenvalue weighted by atomic mass is 9.93. The summed E-state index contributed by atoms with van der Waals surface area (Å²) in [7, 11) is 0. The van der Waals surface area contributed by atoms with Crippen molar-refractivity contribution in [3.8, 4) is 0 Å². The Morgan fingerprint density at radius 1 is 1.50 bits per heavy atom. The second kappa shape index (κ2) is 5.44. The Bertz CT molecular complexity index is 612. The van der Waals surface area contributed by atoms with E-state index in [0.29, 0.717) is 5.92 Å². The molecule has 106 valence electrons. The van der Waals surface area contributed by atoms with Crippen LogP contribution in [-0.2, 0) is 4.79 Å². The minimum Gasteiger partial charge on any atom is -0.481 e. The van der Waals surface area contributed by atoms with E-state index in [1.54, 1.807) is 12.5 Å². The van der Waals surface area contributed by atoms with Crippen molar-refractivity contribution in [2.75, 3.05) is 18.0 Å². The molecule has 0 aliphatic carbocycles. The molecule has 1 atom stereocenters. The van der Waals surface area contributed by atoms with Crippen LogP contribution in [0.3, 0.4) is 0 Å². The highest BCUT2D eigenvalue weighted by atomic mass is 16.4. The number of carboxylic acids is 1. The van der Waals surface area contributed by atoms with Gasteiger partial charge in [0.1, 0.15) is 6.33 Å². The highest BCUT2D eigenvalue weighted by molar-refractivity contribution is 5.66. The van der Waals surface area contributed by atoms with Crippen molar-refractivity contribution in [2.45, 2.75) is 25.7 Å². The van der Waals surface area contributed by atoms with Gasteiger partial charge in [-0.2, -0.15) is 0 Å². The van der Waals surface area contributed by atoms with E-state index in [1.807, 2.05) is 10.6 Å². The average molecular weight is 275 g/mol. The minimum atomic E-state index is -0.722. The third-order valence-electron chi connectivity index (χ3n) is 3.78. The molecule has 2 aromatic heterocycles. The summed E-state index contributed by atoms with van der Waals surface area (Å²) in [4.78, 5) is 17.3. The van der Waals surface area contributed by atoms with Gasteiger partial charge in [0.05, 0.1) is 0 Å². The van der Waals surface area contributed by atoms with Gasteiger partial charge in [-0.15, -0.1) is 10.2 Å². The summed E-state index contributed by atoms with van der Waals surface area (Å²) < 4.78 is 1.85. The molecule has 0 amide bonds. The summed E-state index contributed by atoms with van der Waals surface area (Å²) in [6.07, 6.45) is 8.33. The SMILES string of the molecule is O=C(O)CCC1CCCN(c2nccn3cnnc23)C1. The molecule has 0 aromatic carbocycles. The van der Waals surface area contributed by atoms with E-state index >= 15 is 0 Å². The van der Waals surface area contributed by atoms with E-state index in [9.17, 15) is 4.79 Å². The standard InChI is InChI=1S/C13H17N5O2/c19-11(20)4-3-10-2-1-6-17(8-10)12-13-16-15-9-18(13)7-5-14-12/h5,7,9-10H,1-4,6,8H2,(H,19,20). The summed E-state index contributed by atoms with van der Waals surface area (Å²) >= 11 is 0. The number of fused-ring (bicyclic) bond motifs is 1. The average Bonchev–Trinajstić information content (AvgIpc) is 2.93. The third kappa shape index (κ3) is 2.56. The van der Waals surface area contributed by atoms with E-state index in [2.05, 4.69) is 20.1 Å². The van der Waals surface area contributed by atoms with Gasteiger partial charge >= 0.3 is 5.97 Å². The van der Waals surface area contributed by atoms with Crippen LogP contribution in [0.2, 0.25) is 0 Å². The molecule has 7 nitrogen and oxygen atoms in total. The van der Waals surface area contributed by atoms with Crippen molar-refractivity contribution in [2.24, 2.45) is 5.92 Å². The summed E-state index contributed by atoms with van der Waals surface area (Å²) in [5.41, 5.74) is 0.756. The molecule has 1 N–H and O–H groups in total. The molecule has 0 spiro atoms. The zero-order valence-corrected chi connectivity index (χ0v) is 11.1. The van der Waals surface area contributed by atoms with Gasteiger partial charge < -0.3 is 10.0 Å². The zero-order chi connectivity index (χ0) is 13.9. The first-order valence-electron chi connectivity index (χ1n) is 6.85. The fourth-order valence-electron chi connectivity index (χ4n) is 2.79. The number of hydrogen-bond acceptors (Lipinski definition) is 5. The highest BCUT2D eigenvalue weighted by Crippen LogP contribution is 2.26. The van der Waals surface area contributed by atoms with E-state index in [1.165, 1.54) is 0 Å². The van der Waals surface area contributed by atoms with Gasteiger partial charge in [0.25, 0.3) is 0 Å². The van der Waals surface area contributed by atoms with Crippen LogP contribution >= 0.6 is 0 Å². The lowest BCUT2D eigenvalue weighted by Crippen LogP contribution is -2.36. The molecule has 1 fully saturated rings. The number of piperidine rings is 1. The van der Waals surface area contributed by atoms with Crippen molar-refractivity contribution in [3.05, 3.63) is 18.7 Å². The summed E-state index contributed by atoms with van der Waals surface area (Å²) in [5, 5.41) is 16.8. The van der Waals surface area contributed by atoms with Gasteiger partial charge in [-0.3, -0.25) is 9.20 Å². The molecule has 3 heterocycles. The fraction of sp³-hybridized carbons (Fsp3) is 0.538. The Labute approximate surface area is 116 Å². The van der Waals surface area contributed by atoms with Crippen molar-refractivity contribution in [1.82, 2.24) is 19.6 Å². The number of nitrogens with zero attached hydrogens (tertiary/aromatic N) is 5. The predicted octanol–water partition coefficient (Wildman–Crippen LogP) is 1.21. The Morgan fingerprint density at radius 2 is 2.40 bits per heavy atom. The maximum absolute atomic E-state index is 10.7. The fourth-order valence-corrected chi connectivity index (χ4v) is 2.79. The van der Waals surface area contributed by atoms with Crippen LogP contribution in [0.25, 0.3) is 5.65 Å². The molecule has 1 aliphatic heterocycles. The van der Waals surface area contributed by atoms with Crippen molar-refractivity contribution >= 4 is 17.4 Å². The van der Waals surface area contributed by atoms with Gasteiger partial charge in [0.15, 0.2) is 5.82 Å². The van der Waals surface area contributed by atoms with E-state index in [4.69, 9.17) is 5.11 Å². The van der Waals surface area contributed by atoms with Gasteiger partial charge in [0, 0.05) is 31.9 Å². The molecular weight excluding hydrogens is 258 g/mol. The minimum absolute atomic E-state index is 0.237. The van der Waals surface area contributed by atoms with Crippen LogP contribution in [0.1, 0.15) is 25.7 Å². The first kappa shape index (κ1) is 12.8. The van der Waals surface area contributed by atoms with Crippen LogP contribution in [0, 0.1) is 5.92 Å². The van der Waals surface area contributed by atoms with Gasteiger partial charge in [0.2, 0.25) is 5.65 Å². The van der Waals surface area contributed by atoms with Crippen LogP contribution < -0.4 is 4.90 Å². The molecule has 3 rings (SSSR count). The predicted molar refractivity (Wildman–Crippen MR) is 72.6 cm³/mol. The molecule has 1 aliphatic rings. The maximum atomic E-state index is 10.7. The lowest BCUT2D eigenvalue weighted by Gasteiger charge is -2.33. The molecule has 7 heteroatoms. The number of hydrogen-bond donors (Lipinski definition) is 1. The maximum Gasteiger partial charge on any atom is 0.303 e. The van der Waals surface area contributed by atoms with E-state index in [0.717, 1.165) is 43.8 Å². The summed E-state index contributed by atoms with van der Waals surface area (Å²) in [6.45, 7) is 1.77. The van der Waals surface area contributed by atoms with Crippen molar-refractivity contribution < 1.29 is 9.90 Å². The summed E-state index contributed by atoms with van der Waals surface area (Å²) in [6, 6.07) is 0. The molecule has 2 aromatic rings. The van der Waals surface area contributed by atoms with Crippen LogP contribution in [0.4, 0.5) is 5.82 Å². The monoisotopic (exact) mass is 275 g/mol.